The lowest BCUT2D eigenvalue weighted by Crippen LogP contribution is -2.15. The van der Waals surface area contributed by atoms with Crippen molar-refractivity contribution >= 4 is 28.2 Å². The number of carbonyl (C=O) groups is 1. The van der Waals surface area contributed by atoms with Crippen LogP contribution in [-0.2, 0) is 11.2 Å². The summed E-state index contributed by atoms with van der Waals surface area (Å²) in [5.41, 5.74) is 2.48. The molecule has 8 heteroatoms. The highest BCUT2D eigenvalue weighted by Crippen LogP contribution is 2.26. The number of carbonyl (C=O) groups excluding carboxylic acids is 1. The summed E-state index contributed by atoms with van der Waals surface area (Å²) in [5, 5.41) is 8.96. The van der Waals surface area contributed by atoms with Gasteiger partial charge in [0.05, 0.1) is 19.2 Å². The van der Waals surface area contributed by atoms with Crippen LogP contribution < -0.4 is 10.1 Å². The molecule has 0 unspecified atom stereocenters. The molecule has 27 heavy (non-hydrogen) atoms. The van der Waals surface area contributed by atoms with Gasteiger partial charge >= 0.3 is 0 Å². The first kappa shape index (κ1) is 17.2. The Morgan fingerprint density at radius 3 is 2.63 bits per heavy atom. The second kappa shape index (κ2) is 7.16. The van der Waals surface area contributed by atoms with Crippen LogP contribution >= 0.6 is 11.3 Å². The smallest absolute Gasteiger partial charge is 0.250 e. The maximum absolute atomic E-state index is 13.1. The van der Waals surface area contributed by atoms with Gasteiger partial charge in [0.25, 0.3) is 0 Å². The fourth-order valence-corrected chi connectivity index (χ4v) is 3.48. The van der Waals surface area contributed by atoms with Crippen molar-refractivity contribution in [3.8, 4) is 17.0 Å². The minimum absolute atomic E-state index is 0.207. The lowest BCUT2D eigenvalue weighted by molar-refractivity contribution is -0.115. The quantitative estimate of drug-likeness (QED) is 0.570. The maximum atomic E-state index is 13.1. The van der Waals surface area contributed by atoms with Crippen molar-refractivity contribution < 1.29 is 13.9 Å². The van der Waals surface area contributed by atoms with Crippen LogP contribution in [0.5, 0.6) is 5.75 Å². The molecule has 4 rings (SSSR count). The SMILES string of the molecule is COc1ccc(CC(=O)Nc2nc3scc(-c4ccc(F)cc4)n3n2)cc1. The van der Waals surface area contributed by atoms with Gasteiger partial charge in [-0.05, 0) is 42.0 Å². The van der Waals surface area contributed by atoms with Gasteiger partial charge in [0.15, 0.2) is 0 Å². The van der Waals surface area contributed by atoms with Crippen LogP contribution in [0.15, 0.2) is 53.9 Å². The monoisotopic (exact) mass is 382 g/mol. The van der Waals surface area contributed by atoms with Crippen LogP contribution in [0.4, 0.5) is 10.3 Å². The standard InChI is InChI=1S/C19H15FN4O2S/c1-26-15-8-2-12(3-9-15)10-17(25)21-18-22-19-24(23-18)16(11-27-19)13-4-6-14(20)7-5-13/h2-9,11H,10H2,1H3,(H,21,23,25). The van der Waals surface area contributed by atoms with Crippen LogP contribution in [0.3, 0.4) is 0 Å². The third kappa shape index (κ3) is 3.65. The summed E-state index contributed by atoms with van der Waals surface area (Å²) in [5.74, 6) is 0.476. The minimum atomic E-state index is -0.296. The van der Waals surface area contributed by atoms with E-state index in [-0.39, 0.29) is 24.1 Å². The first-order chi connectivity index (χ1) is 13.1. The fourth-order valence-electron chi connectivity index (χ4n) is 2.65. The second-order valence-electron chi connectivity index (χ2n) is 5.83. The molecule has 6 nitrogen and oxygen atoms in total. The van der Waals surface area contributed by atoms with Crippen LogP contribution in [0.2, 0.25) is 0 Å². The van der Waals surface area contributed by atoms with Gasteiger partial charge < -0.3 is 4.74 Å². The molecule has 136 valence electrons. The first-order valence-electron chi connectivity index (χ1n) is 8.15. The molecule has 0 bridgehead atoms. The molecule has 0 saturated carbocycles. The number of hydrogen-bond donors (Lipinski definition) is 1. The molecule has 0 fully saturated rings. The Kier molecular flexibility index (Phi) is 4.55. The maximum Gasteiger partial charge on any atom is 0.250 e. The number of nitrogens with one attached hydrogen (secondary N) is 1. The van der Waals surface area contributed by atoms with Crippen molar-refractivity contribution in [2.45, 2.75) is 6.42 Å². The van der Waals surface area contributed by atoms with E-state index in [1.807, 2.05) is 29.6 Å². The number of nitrogens with zero attached hydrogens (tertiary/aromatic N) is 3. The average Bonchev–Trinajstić information content (AvgIpc) is 3.23. The van der Waals surface area contributed by atoms with Crippen molar-refractivity contribution in [3.63, 3.8) is 0 Å². The molecule has 0 radical (unpaired) electrons. The van der Waals surface area contributed by atoms with E-state index >= 15 is 0 Å². The normalized spacial score (nSPS) is 10.9. The van der Waals surface area contributed by atoms with Gasteiger partial charge in [-0.1, -0.05) is 12.1 Å². The fraction of sp³-hybridized carbons (Fsp3) is 0.105. The zero-order valence-corrected chi connectivity index (χ0v) is 15.2. The number of anilines is 1. The van der Waals surface area contributed by atoms with E-state index < -0.39 is 0 Å². The van der Waals surface area contributed by atoms with Gasteiger partial charge in [-0.25, -0.2) is 8.91 Å². The van der Waals surface area contributed by atoms with Crippen LogP contribution in [0.1, 0.15) is 5.56 Å². The van der Waals surface area contributed by atoms with Gasteiger partial charge in [0, 0.05) is 10.9 Å². The van der Waals surface area contributed by atoms with Gasteiger partial charge in [0.1, 0.15) is 11.6 Å². The minimum Gasteiger partial charge on any atom is -0.497 e. The van der Waals surface area contributed by atoms with Crippen molar-refractivity contribution in [1.82, 2.24) is 14.6 Å². The number of benzene rings is 2. The number of fused-ring (bicyclic) bond motifs is 1. The summed E-state index contributed by atoms with van der Waals surface area (Å²) in [7, 11) is 1.60. The van der Waals surface area contributed by atoms with E-state index in [4.69, 9.17) is 4.74 Å². The van der Waals surface area contributed by atoms with Gasteiger partial charge in [0.2, 0.25) is 16.8 Å². The molecule has 2 aromatic carbocycles. The molecular weight excluding hydrogens is 367 g/mol. The van der Waals surface area contributed by atoms with E-state index in [0.717, 1.165) is 22.6 Å². The number of amides is 1. The van der Waals surface area contributed by atoms with Crippen molar-refractivity contribution in [3.05, 3.63) is 65.3 Å². The molecule has 2 aromatic heterocycles. The molecule has 0 atom stereocenters. The van der Waals surface area contributed by atoms with Crippen molar-refractivity contribution in [2.75, 3.05) is 12.4 Å². The van der Waals surface area contributed by atoms with Crippen LogP contribution in [0, 0.1) is 5.82 Å². The molecule has 0 spiro atoms. The van der Waals surface area contributed by atoms with Gasteiger partial charge in [-0.3, -0.25) is 10.1 Å². The topological polar surface area (TPSA) is 68.5 Å². The number of rotatable bonds is 5. The van der Waals surface area contributed by atoms with E-state index in [0.29, 0.717) is 4.96 Å². The lowest BCUT2D eigenvalue weighted by atomic mass is 10.1. The van der Waals surface area contributed by atoms with E-state index in [1.165, 1.54) is 23.5 Å². The Hall–Kier alpha value is -3.26. The number of aromatic nitrogens is 3. The highest BCUT2D eigenvalue weighted by molar-refractivity contribution is 7.15. The summed E-state index contributed by atoms with van der Waals surface area (Å²) in [6.07, 6.45) is 0.210. The van der Waals surface area contributed by atoms with E-state index in [1.54, 1.807) is 23.8 Å². The summed E-state index contributed by atoms with van der Waals surface area (Å²) in [4.78, 5) is 17.2. The second-order valence-corrected chi connectivity index (χ2v) is 6.67. The summed E-state index contributed by atoms with van der Waals surface area (Å²) in [6.45, 7) is 0. The number of halogens is 1. The number of ether oxygens (including phenoxy) is 1. The van der Waals surface area contributed by atoms with Crippen molar-refractivity contribution in [1.29, 1.82) is 0 Å². The molecule has 1 N–H and O–H groups in total. The first-order valence-corrected chi connectivity index (χ1v) is 9.03. The van der Waals surface area contributed by atoms with Crippen molar-refractivity contribution in [2.24, 2.45) is 0 Å². The number of thiazole rings is 1. The third-order valence-electron chi connectivity index (χ3n) is 4.00. The Morgan fingerprint density at radius 1 is 1.19 bits per heavy atom. The molecule has 4 aromatic rings. The van der Waals surface area contributed by atoms with Crippen LogP contribution in [0.25, 0.3) is 16.2 Å². The van der Waals surface area contributed by atoms with Gasteiger partial charge in [-0.15, -0.1) is 16.4 Å². The number of methoxy groups -OCH3 is 1. The molecule has 1 amide bonds. The molecular formula is C19H15FN4O2S. The lowest BCUT2D eigenvalue weighted by Gasteiger charge is -2.03. The predicted molar refractivity (Wildman–Crippen MR) is 102 cm³/mol. The Morgan fingerprint density at radius 2 is 1.93 bits per heavy atom. The molecule has 0 aliphatic carbocycles. The average molecular weight is 382 g/mol. The highest BCUT2D eigenvalue weighted by atomic mass is 32.1. The predicted octanol–water partition coefficient (Wildman–Crippen LogP) is 3.79. The molecule has 0 aliphatic heterocycles. The highest BCUT2D eigenvalue weighted by Gasteiger charge is 2.14. The largest absolute Gasteiger partial charge is 0.497 e. The Labute approximate surface area is 158 Å². The molecule has 0 aliphatic rings. The zero-order valence-electron chi connectivity index (χ0n) is 14.3. The Bertz CT molecular complexity index is 1090. The number of hydrogen-bond acceptors (Lipinski definition) is 5. The van der Waals surface area contributed by atoms with Gasteiger partial charge in [-0.2, -0.15) is 4.98 Å². The summed E-state index contributed by atoms with van der Waals surface area (Å²) >= 11 is 1.40. The van der Waals surface area contributed by atoms with Crippen LogP contribution in [-0.4, -0.2) is 27.6 Å². The summed E-state index contributed by atoms with van der Waals surface area (Å²) < 4.78 is 19.9. The summed E-state index contributed by atoms with van der Waals surface area (Å²) in [6, 6.07) is 13.4. The Balaban J connectivity index is 1.50. The zero-order chi connectivity index (χ0) is 18.8. The molecule has 0 saturated heterocycles. The molecule has 2 heterocycles. The van der Waals surface area contributed by atoms with E-state index in [2.05, 4.69) is 15.4 Å². The third-order valence-corrected chi connectivity index (χ3v) is 4.81. The van der Waals surface area contributed by atoms with E-state index in [9.17, 15) is 9.18 Å².